The Morgan fingerprint density at radius 2 is 2.05 bits per heavy atom. The van der Waals surface area contributed by atoms with Crippen molar-refractivity contribution in [3.8, 4) is 21.2 Å². The molecule has 0 radical (unpaired) electrons. The van der Waals surface area contributed by atoms with Crippen LogP contribution in [0.5, 0.6) is 0 Å². The summed E-state index contributed by atoms with van der Waals surface area (Å²) >= 11 is 1.90. The lowest BCUT2D eigenvalue weighted by Crippen LogP contribution is -2.24. The van der Waals surface area contributed by atoms with E-state index in [-0.39, 0.29) is 17.9 Å². The van der Waals surface area contributed by atoms with Gasteiger partial charge in [0.2, 0.25) is 0 Å². The summed E-state index contributed by atoms with van der Waals surface area (Å²) in [6.45, 7) is 2.52. The van der Waals surface area contributed by atoms with Crippen LogP contribution in [0.2, 0.25) is 0 Å². The highest BCUT2D eigenvalue weighted by Gasteiger charge is 2.14. The third-order valence-electron chi connectivity index (χ3n) is 2.87. The van der Waals surface area contributed by atoms with Crippen molar-refractivity contribution >= 4 is 28.3 Å². The average molecular weight is 398 g/mol. The molecule has 7 nitrogen and oxygen atoms in total. The summed E-state index contributed by atoms with van der Waals surface area (Å²) < 4.78 is 5.48. The van der Waals surface area contributed by atoms with Gasteiger partial charge < -0.3 is 0 Å². The van der Waals surface area contributed by atoms with Crippen molar-refractivity contribution in [1.29, 1.82) is 0 Å². The molecule has 0 unspecified atom stereocenters. The van der Waals surface area contributed by atoms with Gasteiger partial charge in [-0.25, -0.2) is 9.48 Å². The Morgan fingerprint density at radius 1 is 1.38 bits per heavy atom. The molecule has 108 valence electrons. The molecule has 0 aliphatic carbocycles. The monoisotopic (exact) mass is 398 g/mol. The lowest BCUT2D eigenvalue weighted by molar-refractivity contribution is -0.384. The van der Waals surface area contributed by atoms with Crippen molar-refractivity contribution in [1.82, 2.24) is 14.3 Å². The molecule has 0 aliphatic rings. The van der Waals surface area contributed by atoms with Crippen molar-refractivity contribution in [2.45, 2.75) is 20.0 Å². The van der Waals surface area contributed by atoms with Gasteiger partial charge >= 0.3 is 5.69 Å². The quantitative estimate of drug-likeness (QED) is 0.342. The minimum absolute atomic E-state index is 0.000596. The Balaban J connectivity index is 2.49. The van der Waals surface area contributed by atoms with Crippen molar-refractivity contribution in [2.75, 3.05) is 0 Å². The summed E-state index contributed by atoms with van der Waals surface area (Å²) in [6, 6.07) is 5.95. The van der Waals surface area contributed by atoms with Gasteiger partial charge in [-0.15, -0.1) is 5.10 Å². The van der Waals surface area contributed by atoms with Crippen LogP contribution >= 0.6 is 22.6 Å². The number of halogens is 1. The number of nitro benzene ring substituents is 1. The van der Waals surface area contributed by atoms with Crippen LogP contribution < -0.4 is 5.69 Å². The van der Waals surface area contributed by atoms with Gasteiger partial charge in [0.25, 0.3) is 5.69 Å². The SMILES string of the molecule is CCn1c(-c2ccc([N+](=O)[O-])cc2)nn(CC#CI)c1=O. The van der Waals surface area contributed by atoms with E-state index >= 15 is 0 Å². The molecular formula is C13H11IN4O3. The predicted molar refractivity (Wildman–Crippen MR) is 86.0 cm³/mol. The number of benzene rings is 1. The second-order valence-corrected chi connectivity index (χ2v) is 4.62. The molecule has 0 spiro atoms. The summed E-state index contributed by atoms with van der Waals surface area (Å²) in [5.74, 6) is 3.26. The van der Waals surface area contributed by atoms with E-state index in [0.717, 1.165) is 0 Å². The Kier molecular flexibility index (Phi) is 4.74. The van der Waals surface area contributed by atoms with E-state index < -0.39 is 4.92 Å². The van der Waals surface area contributed by atoms with Crippen molar-refractivity contribution in [2.24, 2.45) is 0 Å². The molecule has 0 saturated heterocycles. The first-order valence-electron chi connectivity index (χ1n) is 6.09. The number of hydrogen-bond donors (Lipinski definition) is 0. The van der Waals surface area contributed by atoms with Crippen LogP contribution in [-0.4, -0.2) is 19.3 Å². The van der Waals surface area contributed by atoms with E-state index in [2.05, 4.69) is 14.9 Å². The Morgan fingerprint density at radius 3 is 2.57 bits per heavy atom. The lowest BCUT2D eigenvalue weighted by Gasteiger charge is -2.01. The fourth-order valence-electron chi connectivity index (χ4n) is 1.88. The summed E-state index contributed by atoms with van der Waals surface area (Å²) in [5, 5.41) is 14.9. The molecule has 8 heteroatoms. The number of nitrogens with zero attached hydrogens (tertiary/aromatic N) is 4. The third kappa shape index (κ3) is 3.13. The largest absolute Gasteiger partial charge is 0.347 e. The number of nitro groups is 1. The average Bonchev–Trinajstić information content (AvgIpc) is 2.81. The molecule has 2 rings (SSSR count). The molecule has 0 atom stereocenters. The number of non-ortho nitro benzene ring substituents is 1. The van der Waals surface area contributed by atoms with Crippen LogP contribution in [-0.2, 0) is 13.1 Å². The van der Waals surface area contributed by atoms with E-state index in [1.54, 1.807) is 12.1 Å². The lowest BCUT2D eigenvalue weighted by atomic mass is 10.2. The van der Waals surface area contributed by atoms with Gasteiger partial charge in [-0.05, 0) is 23.0 Å². The predicted octanol–water partition coefficient (Wildman–Crippen LogP) is 2.04. The number of aromatic nitrogens is 3. The molecule has 0 fully saturated rings. The molecule has 1 aromatic heterocycles. The molecule has 0 saturated carbocycles. The minimum Gasteiger partial charge on any atom is -0.275 e. The molecule has 0 N–H and O–H groups in total. The van der Waals surface area contributed by atoms with Crippen LogP contribution in [0.25, 0.3) is 11.4 Å². The zero-order valence-corrected chi connectivity index (χ0v) is 13.3. The maximum absolute atomic E-state index is 12.2. The second-order valence-electron chi connectivity index (χ2n) is 4.08. The maximum atomic E-state index is 12.2. The van der Waals surface area contributed by atoms with Crippen LogP contribution in [0.1, 0.15) is 6.92 Å². The van der Waals surface area contributed by atoms with E-state index in [1.807, 2.05) is 29.5 Å². The third-order valence-corrected chi connectivity index (χ3v) is 3.25. The summed E-state index contributed by atoms with van der Waals surface area (Å²) in [5.41, 5.74) is 0.407. The fourth-order valence-corrected chi connectivity index (χ4v) is 2.05. The summed E-state index contributed by atoms with van der Waals surface area (Å²) in [6.07, 6.45) is 0. The van der Waals surface area contributed by atoms with E-state index in [0.29, 0.717) is 17.9 Å². The van der Waals surface area contributed by atoms with Gasteiger partial charge in [-0.2, -0.15) is 0 Å². The highest BCUT2D eigenvalue weighted by atomic mass is 127. The van der Waals surface area contributed by atoms with Crippen LogP contribution in [0.15, 0.2) is 29.1 Å². The Bertz CT molecular complexity index is 780. The van der Waals surface area contributed by atoms with Crippen molar-refractivity contribution in [3.63, 3.8) is 0 Å². The van der Waals surface area contributed by atoms with Crippen LogP contribution in [0.4, 0.5) is 5.69 Å². The topological polar surface area (TPSA) is 83.0 Å². The molecular weight excluding hydrogens is 387 g/mol. The van der Waals surface area contributed by atoms with Crippen molar-refractivity contribution < 1.29 is 4.92 Å². The van der Waals surface area contributed by atoms with Gasteiger partial charge in [0.15, 0.2) is 5.82 Å². The first-order valence-corrected chi connectivity index (χ1v) is 7.17. The minimum atomic E-state index is -0.467. The van der Waals surface area contributed by atoms with Crippen LogP contribution in [0.3, 0.4) is 0 Å². The van der Waals surface area contributed by atoms with Crippen molar-refractivity contribution in [3.05, 3.63) is 44.9 Å². The molecule has 0 bridgehead atoms. The zero-order chi connectivity index (χ0) is 15.4. The molecule has 2 aromatic rings. The normalized spacial score (nSPS) is 10.0. The second kappa shape index (κ2) is 6.53. The van der Waals surface area contributed by atoms with Gasteiger partial charge in [0, 0.05) is 46.8 Å². The van der Waals surface area contributed by atoms with Gasteiger partial charge in [0.1, 0.15) is 6.54 Å². The first-order chi connectivity index (χ1) is 10.1. The highest BCUT2D eigenvalue weighted by Crippen LogP contribution is 2.19. The molecule has 0 aliphatic heterocycles. The summed E-state index contributed by atoms with van der Waals surface area (Å²) in [4.78, 5) is 22.4. The van der Waals surface area contributed by atoms with E-state index in [9.17, 15) is 14.9 Å². The highest BCUT2D eigenvalue weighted by molar-refractivity contribution is 14.1. The molecule has 21 heavy (non-hydrogen) atoms. The first kappa shape index (κ1) is 15.2. The number of hydrogen-bond acceptors (Lipinski definition) is 4. The Labute approximate surface area is 133 Å². The van der Waals surface area contributed by atoms with Gasteiger partial charge in [-0.3, -0.25) is 14.7 Å². The Hall–Kier alpha value is -2.15. The van der Waals surface area contributed by atoms with Crippen LogP contribution in [0, 0.1) is 20.0 Å². The van der Waals surface area contributed by atoms with E-state index in [1.165, 1.54) is 21.4 Å². The maximum Gasteiger partial charge on any atom is 0.347 e. The summed E-state index contributed by atoms with van der Waals surface area (Å²) in [7, 11) is 0. The molecule has 0 amide bonds. The molecule has 1 aromatic carbocycles. The standard InChI is InChI=1S/C13H11IN4O3/c1-2-16-12(15-17(13(16)19)9-3-8-14)10-4-6-11(7-5-10)18(20)21/h4-7H,2,9H2,1H3. The fraction of sp³-hybridized carbons (Fsp3) is 0.231. The van der Waals surface area contributed by atoms with Gasteiger partial charge in [-0.1, -0.05) is 5.92 Å². The smallest absolute Gasteiger partial charge is 0.275 e. The zero-order valence-electron chi connectivity index (χ0n) is 11.1. The van der Waals surface area contributed by atoms with Gasteiger partial charge in [0.05, 0.1) is 4.92 Å². The molecule has 1 heterocycles. The van der Waals surface area contributed by atoms with E-state index in [4.69, 9.17) is 0 Å². The number of rotatable bonds is 4.